The number of anilines is 1. The van der Waals surface area contributed by atoms with Crippen LogP contribution in [0.5, 0.6) is 0 Å². The maximum atomic E-state index is 12.8. The van der Waals surface area contributed by atoms with Gasteiger partial charge in [0, 0.05) is 44.8 Å². The van der Waals surface area contributed by atoms with E-state index in [1.54, 1.807) is 29.2 Å². The van der Waals surface area contributed by atoms with E-state index in [1.807, 2.05) is 7.05 Å². The number of amides is 2. The van der Waals surface area contributed by atoms with Gasteiger partial charge in [0.2, 0.25) is 18.4 Å². The molecule has 2 aliphatic rings. The molecule has 0 spiro atoms. The zero-order valence-corrected chi connectivity index (χ0v) is 28.6. The van der Waals surface area contributed by atoms with E-state index >= 15 is 0 Å². The summed E-state index contributed by atoms with van der Waals surface area (Å²) in [6.07, 6.45) is -1.65. The summed E-state index contributed by atoms with van der Waals surface area (Å²) >= 11 is 5.89. The van der Waals surface area contributed by atoms with Crippen molar-refractivity contribution in [3.8, 4) is 0 Å². The van der Waals surface area contributed by atoms with Gasteiger partial charge in [-0.15, -0.1) is 0 Å². The number of benzene rings is 2. The number of hydrogen-bond acceptors (Lipinski definition) is 13. The van der Waals surface area contributed by atoms with Crippen molar-refractivity contribution in [1.29, 1.82) is 0 Å². The van der Waals surface area contributed by atoms with Gasteiger partial charge in [-0.1, -0.05) is 48.0 Å². The van der Waals surface area contributed by atoms with E-state index in [0.29, 0.717) is 29.6 Å². The molecule has 4 heterocycles. The number of aliphatic carboxylic acids is 2. The molecule has 274 valence electrons. The second kappa shape index (κ2) is 17.2. The van der Waals surface area contributed by atoms with Crippen LogP contribution in [0, 0.1) is 0 Å². The number of carbonyl (C=O) groups excluding carboxylic acids is 4. The summed E-state index contributed by atoms with van der Waals surface area (Å²) in [5.41, 5.74) is 0.488. The van der Waals surface area contributed by atoms with Crippen molar-refractivity contribution in [2.75, 3.05) is 38.1 Å². The Morgan fingerprint density at radius 1 is 0.755 bits per heavy atom. The smallest absolute Gasteiger partial charge is 0.412 e. The molecule has 6 rings (SSSR count). The molecule has 18 heteroatoms. The number of likely N-dealkylation sites (N-methyl/N-ethyl adjacent to an activating group) is 1. The van der Waals surface area contributed by atoms with Crippen LogP contribution in [0.25, 0.3) is 0 Å². The van der Waals surface area contributed by atoms with E-state index in [1.165, 1.54) is 72.0 Å². The van der Waals surface area contributed by atoms with E-state index in [4.69, 9.17) is 25.8 Å². The third-order valence-corrected chi connectivity index (χ3v) is 8.02. The van der Waals surface area contributed by atoms with Crippen LogP contribution in [0.4, 0.5) is 10.6 Å². The number of pyridine rings is 1. The van der Waals surface area contributed by atoms with Crippen molar-refractivity contribution in [1.82, 2.24) is 24.8 Å². The van der Waals surface area contributed by atoms with Gasteiger partial charge in [0.1, 0.15) is 11.5 Å². The largest absolute Gasteiger partial charge is 0.478 e. The number of hydrogen-bond donors (Lipinski definition) is 2. The van der Waals surface area contributed by atoms with Crippen molar-refractivity contribution < 1.29 is 53.2 Å². The number of fused-ring (bicyclic) bond motifs is 1. The molecule has 2 aromatic carbocycles. The number of carboxylic acid groups (broad SMARTS) is 2. The monoisotopic (exact) mass is 746 g/mol. The molecule has 3 atom stereocenters. The van der Waals surface area contributed by atoms with Gasteiger partial charge in [-0.2, -0.15) is 0 Å². The molecule has 0 radical (unpaired) electrons. The molecule has 4 aromatic rings. The first-order valence-corrected chi connectivity index (χ1v) is 16.2. The number of nitrogens with zero attached hydrogens (tertiary/aromatic N) is 6. The summed E-state index contributed by atoms with van der Waals surface area (Å²) in [4.78, 5) is 89.9. The molecular weight excluding hydrogens is 716 g/mol. The number of rotatable bonds is 9. The van der Waals surface area contributed by atoms with Gasteiger partial charge in [-0.25, -0.2) is 38.8 Å². The number of piperazine rings is 1. The van der Waals surface area contributed by atoms with Crippen LogP contribution in [-0.2, 0) is 23.8 Å². The van der Waals surface area contributed by atoms with Crippen LogP contribution < -0.4 is 4.90 Å². The van der Waals surface area contributed by atoms with Crippen LogP contribution in [0.15, 0.2) is 91.4 Å². The van der Waals surface area contributed by atoms with Gasteiger partial charge < -0.3 is 34.2 Å². The number of carboxylic acids is 2. The van der Waals surface area contributed by atoms with Gasteiger partial charge in [0.15, 0.2) is 5.69 Å². The maximum absolute atomic E-state index is 12.8. The van der Waals surface area contributed by atoms with Crippen LogP contribution >= 0.6 is 11.6 Å². The SMILES string of the molecule is CN1CCN(C(=O)O[C@H]2c3nccnc3C(=O)N2c2ccc(Cl)cn2)CC1.O=C(OC(C(=O)O)C(OC(=O)c1ccccc1)C(=O)O)c1ccccc1. The molecule has 17 nitrogen and oxygen atoms in total. The molecule has 1 saturated heterocycles. The van der Waals surface area contributed by atoms with Crippen LogP contribution in [0.2, 0.25) is 5.02 Å². The number of halogens is 1. The average Bonchev–Trinajstić information content (AvgIpc) is 3.44. The first-order valence-electron chi connectivity index (χ1n) is 15.8. The van der Waals surface area contributed by atoms with Gasteiger partial charge in [0.05, 0.1) is 16.1 Å². The zero-order valence-electron chi connectivity index (χ0n) is 27.9. The lowest BCUT2D eigenvalue weighted by Crippen LogP contribution is -2.48. The standard InChI is InChI=1S/C18H14O8.C17H17ClN6O3/c19-15(20)13(25-17(23)11-7-3-1-4-8-11)14(16(21)22)26-18(24)12-9-5-2-6-10-12;1-22-6-8-23(9-7-22)17(26)27-16-14-13(19-4-5-20-14)15(25)24(16)12-3-2-11(18)10-21-12/h1-10,13-14H,(H,19,20)(H,21,22);2-5,10,16H,6-9H2,1H3/t;16-/m.0/s1. The number of esters is 2. The first-order chi connectivity index (χ1) is 25.4. The lowest BCUT2D eigenvalue weighted by molar-refractivity contribution is -0.166. The molecular formula is C35H31ClN6O11. The molecule has 2 unspecified atom stereocenters. The Hall–Kier alpha value is -6.46. The van der Waals surface area contributed by atoms with Crippen LogP contribution in [-0.4, -0.2) is 116 Å². The average molecular weight is 747 g/mol. The van der Waals surface area contributed by atoms with Crippen molar-refractivity contribution in [2.45, 2.75) is 18.4 Å². The summed E-state index contributed by atoms with van der Waals surface area (Å²) in [6, 6.07) is 18.0. The highest BCUT2D eigenvalue weighted by Crippen LogP contribution is 2.36. The number of ether oxygens (including phenoxy) is 3. The minimum atomic E-state index is -2.21. The van der Waals surface area contributed by atoms with Gasteiger partial charge in [-0.3, -0.25) is 9.78 Å². The van der Waals surface area contributed by atoms with Crippen molar-refractivity contribution >= 4 is 53.3 Å². The van der Waals surface area contributed by atoms with Crippen LogP contribution in [0.3, 0.4) is 0 Å². The number of carbonyl (C=O) groups is 6. The second-order valence-electron chi connectivity index (χ2n) is 11.4. The molecule has 2 N–H and O–H groups in total. The van der Waals surface area contributed by atoms with E-state index in [-0.39, 0.29) is 16.8 Å². The minimum absolute atomic E-state index is 0.0253. The van der Waals surface area contributed by atoms with Crippen molar-refractivity contribution in [3.63, 3.8) is 0 Å². The topological polar surface area (TPSA) is 219 Å². The quantitative estimate of drug-likeness (QED) is 0.186. The summed E-state index contributed by atoms with van der Waals surface area (Å²) in [5.74, 6) is -5.76. The van der Waals surface area contributed by atoms with E-state index < -0.39 is 54.3 Å². The summed E-state index contributed by atoms with van der Waals surface area (Å²) in [7, 11) is 2.00. The molecule has 1 fully saturated rings. The third kappa shape index (κ3) is 9.26. The van der Waals surface area contributed by atoms with Crippen molar-refractivity contribution in [3.05, 3.63) is 119 Å². The fraction of sp³-hybridized carbons (Fsp3) is 0.229. The predicted molar refractivity (Wildman–Crippen MR) is 183 cm³/mol. The second-order valence-corrected chi connectivity index (χ2v) is 11.8. The Morgan fingerprint density at radius 3 is 1.77 bits per heavy atom. The minimum Gasteiger partial charge on any atom is -0.478 e. The van der Waals surface area contributed by atoms with Crippen LogP contribution in [0.1, 0.15) is 43.1 Å². The summed E-state index contributed by atoms with van der Waals surface area (Å²) in [6.45, 7) is 2.64. The highest BCUT2D eigenvalue weighted by molar-refractivity contribution is 6.30. The van der Waals surface area contributed by atoms with Gasteiger partial charge in [0.25, 0.3) is 5.91 Å². The Bertz CT molecular complexity index is 1890. The fourth-order valence-electron chi connectivity index (χ4n) is 5.04. The molecule has 0 bridgehead atoms. The molecule has 53 heavy (non-hydrogen) atoms. The van der Waals surface area contributed by atoms with Gasteiger partial charge >= 0.3 is 30.0 Å². The highest BCUT2D eigenvalue weighted by atomic mass is 35.5. The lowest BCUT2D eigenvalue weighted by Gasteiger charge is -2.33. The van der Waals surface area contributed by atoms with E-state index in [2.05, 4.69) is 19.9 Å². The summed E-state index contributed by atoms with van der Waals surface area (Å²) < 4.78 is 15.2. The third-order valence-electron chi connectivity index (χ3n) is 7.80. The maximum Gasteiger partial charge on any atom is 0.412 e. The zero-order chi connectivity index (χ0) is 38.1. The molecule has 2 aliphatic heterocycles. The molecule has 2 amide bonds. The van der Waals surface area contributed by atoms with Crippen molar-refractivity contribution in [2.24, 2.45) is 0 Å². The molecule has 2 aromatic heterocycles. The normalized spacial score (nSPS) is 16.3. The Morgan fingerprint density at radius 2 is 1.28 bits per heavy atom. The van der Waals surface area contributed by atoms with Gasteiger partial charge in [-0.05, 0) is 43.4 Å². The predicted octanol–water partition coefficient (Wildman–Crippen LogP) is 3.17. The summed E-state index contributed by atoms with van der Waals surface area (Å²) in [5, 5.41) is 18.9. The Kier molecular flexibility index (Phi) is 12.2. The highest BCUT2D eigenvalue weighted by Gasteiger charge is 2.44. The Balaban J connectivity index is 0.000000205. The molecule has 0 saturated carbocycles. The number of aromatic nitrogens is 3. The van der Waals surface area contributed by atoms with E-state index in [9.17, 15) is 39.0 Å². The Labute approximate surface area is 306 Å². The first kappa shape index (κ1) is 37.8. The fourth-order valence-corrected chi connectivity index (χ4v) is 5.15. The van der Waals surface area contributed by atoms with E-state index in [0.717, 1.165) is 13.1 Å². The molecule has 0 aliphatic carbocycles. The lowest BCUT2D eigenvalue weighted by atomic mass is 10.1.